The molecular weight excluding hydrogens is 364 g/mol. The fraction of sp³-hybridized carbons (Fsp3) is 0.167. The van der Waals surface area contributed by atoms with Crippen molar-refractivity contribution in [3.63, 3.8) is 0 Å². The van der Waals surface area contributed by atoms with Crippen LogP contribution in [0.25, 0.3) is 12.2 Å². The molecule has 0 fully saturated rings. The Morgan fingerprint density at radius 2 is 1.79 bits per heavy atom. The number of carbonyl (C=O) groups excluding carboxylic acids is 1. The predicted molar refractivity (Wildman–Crippen MR) is 115 cm³/mol. The van der Waals surface area contributed by atoms with Crippen LogP contribution in [-0.4, -0.2) is 23.0 Å². The number of rotatable bonds is 7. The second-order valence-corrected chi connectivity index (χ2v) is 6.78. The van der Waals surface area contributed by atoms with Crippen molar-refractivity contribution < 1.29 is 14.3 Å². The summed E-state index contributed by atoms with van der Waals surface area (Å²) in [5, 5.41) is 0. The number of hydrogen-bond acceptors (Lipinski definition) is 4. The van der Waals surface area contributed by atoms with Gasteiger partial charge in [0.05, 0.1) is 19.6 Å². The van der Waals surface area contributed by atoms with Gasteiger partial charge in [0.15, 0.2) is 0 Å². The van der Waals surface area contributed by atoms with E-state index in [1.807, 2.05) is 68.5 Å². The Labute approximate surface area is 170 Å². The van der Waals surface area contributed by atoms with Gasteiger partial charge in [0, 0.05) is 5.56 Å². The zero-order valence-corrected chi connectivity index (χ0v) is 16.8. The molecule has 148 valence electrons. The third-order valence-electron chi connectivity index (χ3n) is 4.31. The monoisotopic (exact) mass is 388 g/mol. The molecule has 2 aromatic carbocycles. The number of ether oxygens (including phenoxy) is 2. The molecule has 29 heavy (non-hydrogen) atoms. The molecule has 1 N–H and O–H groups in total. The summed E-state index contributed by atoms with van der Waals surface area (Å²) >= 11 is 0. The van der Waals surface area contributed by atoms with Crippen LogP contribution in [0.5, 0.6) is 11.5 Å². The van der Waals surface area contributed by atoms with E-state index in [9.17, 15) is 4.79 Å². The molecular formula is C24H24N2O3. The Hall–Kier alpha value is -3.60. The van der Waals surface area contributed by atoms with E-state index in [0.29, 0.717) is 23.6 Å². The van der Waals surface area contributed by atoms with Crippen LogP contribution in [0.1, 0.15) is 41.0 Å². The number of allylic oxidation sites excluding steroid dienone is 2. The summed E-state index contributed by atoms with van der Waals surface area (Å²) in [7, 11) is 1.62. The molecule has 0 unspecified atom stereocenters. The molecule has 5 heteroatoms. The number of methoxy groups -OCH3 is 1. The first-order valence-electron chi connectivity index (χ1n) is 9.35. The Kier molecular flexibility index (Phi) is 6.63. The summed E-state index contributed by atoms with van der Waals surface area (Å²) in [6.07, 6.45) is 9.53. The third kappa shape index (κ3) is 5.45. The van der Waals surface area contributed by atoms with Crippen molar-refractivity contribution in [1.29, 1.82) is 0 Å². The molecule has 0 bridgehead atoms. The smallest absolute Gasteiger partial charge is 0.361 e. The van der Waals surface area contributed by atoms with Gasteiger partial charge >= 0.3 is 5.97 Å². The average Bonchev–Trinajstić information content (AvgIpc) is 3.26. The predicted octanol–water partition coefficient (Wildman–Crippen LogP) is 5.32. The summed E-state index contributed by atoms with van der Waals surface area (Å²) in [5.41, 5.74) is 4.24. The lowest BCUT2D eigenvalue weighted by Crippen LogP contribution is -2.11. The summed E-state index contributed by atoms with van der Waals surface area (Å²) in [6, 6.07) is 13.8. The van der Waals surface area contributed by atoms with Crippen LogP contribution in [0, 0.1) is 0 Å². The van der Waals surface area contributed by atoms with Crippen molar-refractivity contribution in [3.05, 3.63) is 89.0 Å². The first-order valence-corrected chi connectivity index (χ1v) is 9.35. The van der Waals surface area contributed by atoms with Crippen molar-refractivity contribution in [1.82, 2.24) is 9.97 Å². The lowest BCUT2D eigenvalue weighted by atomic mass is 10.0. The highest BCUT2D eigenvalue weighted by molar-refractivity contribution is 5.89. The molecule has 1 aromatic heterocycles. The maximum atomic E-state index is 12.5. The molecule has 0 spiro atoms. The van der Waals surface area contributed by atoms with Gasteiger partial charge < -0.3 is 14.5 Å². The van der Waals surface area contributed by atoms with Gasteiger partial charge in [0.25, 0.3) is 0 Å². The zero-order valence-electron chi connectivity index (χ0n) is 16.8. The SMILES string of the molecule is COc1cc(/C=C/c2ccccc2)cc(OC(=O)c2cnc[nH]2)c1CC=C(C)C. The van der Waals surface area contributed by atoms with E-state index in [4.69, 9.17) is 9.47 Å². The molecule has 0 aliphatic heterocycles. The molecule has 1 heterocycles. The molecule has 0 atom stereocenters. The number of esters is 1. The molecule has 3 aromatic rings. The number of hydrogen-bond donors (Lipinski definition) is 1. The van der Waals surface area contributed by atoms with E-state index < -0.39 is 5.97 Å². The summed E-state index contributed by atoms with van der Waals surface area (Å²) < 4.78 is 11.3. The average molecular weight is 388 g/mol. The molecule has 0 aliphatic carbocycles. The number of imidazole rings is 1. The summed E-state index contributed by atoms with van der Waals surface area (Å²) in [5.74, 6) is 0.645. The van der Waals surface area contributed by atoms with Gasteiger partial charge in [-0.3, -0.25) is 0 Å². The lowest BCUT2D eigenvalue weighted by molar-refractivity contribution is 0.0727. The Bertz CT molecular complexity index is 1020. The largest absolute Gasteiger partial charge is 0.496 e. The Morgan fingerprint density at radius 3 is 2.45 bits per heavy atom. The van der Waals surface area contributed by atoms with E-state index in [0.717, 1.165) is 16.7 Å². The molecule has 3 rings (SSSR count). The van der Waals surface area contributed by atoms with Crippen LogP contribution >= 0.6 is 0 Å². The number of nitrogens with zero attached hydrogens (tertiary/aromatic N) is 1. The third-order valence-corrected chi connectivity index (χ3v) is 4.31. The summed E-state index contributed by atoms with van der Waals surface area (Å²) in [6.45, 7) is 4.06. The molecule has 5 nitrogen and oxygen atoms in total. The number of benzene rings is 2. The van der Waals surface area contributed by atoms with Crippen molar-refractivity contribution >= 4 is 18.1 Å². The molecule has 0 aliphatic rings. The number of H-pyrrole nitrogens is 1. The van der Waals surface area contributed by atoms with Crippen molar-refractivity contribution in [2.24, 2.45) is 0 Å². The first kappa shape index (κ1) is 20.1. The minimum Gasteiger partial charge on any atom is -0.496 e. The van der Waals surface area contributed by atoms with Crippen LogP contribution in [0.2, 0.25) is 0 Å². The van der Waals surface area contributed by atoms with E-state index in [1.165, 1.54) is 18.1 Å². The van der Waals surface area contributed by atoms with E-state index in [2.05, 4.69) is 16.0 Å². The fourth-order valence-corrected chi connectivity index (χ4v) is 2.80. The number of aromatic nitrogens is 2. The van der Waals surface area contributed by atoms with Gasteiger partial charge in [-0.25, -0.2) is 9.78 Å². The minimum atomic E-state index is -0.493. The normalized spacial score (nSPS) is 10.7. The van der Waals surface area contributed by atoms with E-state index in [1.54, 1.807) is 7.11 Å². The van der Waals surface area contributed by atoms with Gasteiger partial charge in [-0.15, -0.1) is 0 Å². The van der Waals surface area contributed by atoms with Crippen molar-refractivity contribution in [2.75, 3.05) is 7.11 Å². The van der Waals surface area contributed by atoms with Gasteiger partial charge in [-0.2, -0.15) is 0 Å². The highest BCUT2D eigenvalue weighted by Gasteiger charge is 2.17. The molecule has 0 radical (unpaired) electrons. The highest BCUT2D eigenvalue weighted by atomic mass is 16.5. The molecule has 0 saturated heterocycles. The number of carbonyl (C=O) groups is 1. The quantitative estimate of drug-likeness (QED) is 0.258. The topological polar surface area (TPSA) is 64.2 Å². The highest BCUT2D eigenvalue weighted by Crippen LogP contribution is 2.33. The van der Waals surface area contributed by atoms with Crippen LogP contribution in [-0.2, 0) is 6.42 Å². The Morgan fingerprint density at radius 1 is 1.07 bits per heavy atom. The second-order valence-electron chi connectivity index (χ2n) is 6.78. The lowest BCUT2D eigenvalue weighted by Gasteiger charge is -2.14. The second kappa shape index (κ2) is 9.55. The van der Waals surface area contributed by atoms with Crippen molar-refractivity contribution in [2.45, 2.75) is 20.3 Å². The zero-order chi connectivity index (χ0) is 20.6. The first-order chi connectivity index (χ1) is 14.1. The molecule has 0 saturated carbocycles. The van der Waals surface area contributed by atoms with Gasteiger partial charge in [0.1, 0.15) is 17.2 Å². The number of nitrogens with one attached hydrogen (secondary N) is 1. The maximum Gasteiger partial charge on any atom is 0.361 e. The van der Waals surface area contributed by atoms with Crippen LogP contribution in [0.3, 0.4) is 0 Å². The molecule has 0 amide bonds. The minimum absolute atomic E-state index is 0.294. The van der Waals surface area contributed by atoms with Crippen LogP contribution in [0.15, 0.2) is 66.6 Å². The number of aromatic amines is 1. The fourth-order valence-electron chi connectivity index (χ4n) is 2.80. The summed E-state index contributed by atoms with van der Waals surface area (Å²) in [4.78, 5) is 19.1. The van der Waals surface area contributed by atoms with Gasteiger partial charge in [-0.1, -0.05) is 54.1 Å². The van der Waals surface area contributed by atoms with Gasteiger partial charge in [0.2, 0.25) is 0 Å². The standard InChI is InChI=1S/C24H24N2O3/c1-17(2)9-12-20-22(28-3)13-19(11-10-18-7-5-4-6-8-18)14-23(20)29-24(27)21-15-25-16-26-21/h4-11,13-16H,12H2,1-3H3,(H,25,26)/b11-10+. The van der Waals surface area contributed by atoms with Gasteiger partial charge in [-0.05, 0) is 43.5 Å². The van der Waals surface area contributed by atoms with Crippen LogP contribution < -0.4 is 9.47 Å². The Balaban J connectivity index is 1.99. The van der Waals surface area contributed by atoms with Crippen LogP contribution in [0.4, 0.5) is 0 Å². The van der Waals surface area contributed by atoms with E-state index in [-0.39, 0.29) is 0 Å². The van der Waals surface area contributed by atoms with Crippen molar-refractivity contribution in [3.8, 4) is 11.5 Å². The maximum absolute atomic E-state index is 12.5. The van der Waals surface area contributed by atoms with E-state index >= 15 is 0 Å².